The molecule has 1 aromatic rings. The second-order valence-electron chi connectivity index (χ2n) is 6.88. The molecule has 1 aliphatic carbocycles. The van der Waals surface area contributed by atoms with Crippen molar-refractivity contribution in [2.75, 3.05) is 19.6 Å². The molecule has 0 atom stereocenters. The molecule has 1 aromatic carbocycles. The van der Waals surface area contributed by atoms with Gasteiger partial charge in [0.15, 0.2) is 0 Å². The van der Waals surface area contributed by atoms with Gasteiger partial charge in [-0.2, -0.15) is 0 Å². The zero-order valence-electron chi connectivity index (χ0n) is 13.2. The third-order valence-electron chi connectivity index (χ3n) is 5.31. The number of ether oxygens (including phenoxy) is 1. The van der Waals surface area contributed by atoms with Crippen LogP contribution >= 0.6 is 0 Å². The molecule has 1 saturated carbocycles. The molecule has 120 valence electrons. The fourth-order valence-corrected chi connectivity index (χ4v) is 3.99. The molecule has 0 unspecified atom stereocenters. The van der Waals surface area contributed by atoms with Crippen LogP contribution in [0.2, 0.25) is 0 Å². The van der Waals surface area contributed by atoms with Crippen molar-refractivity contribution in [3.05, 3.63) is 35.9 Å². The Morgan fingerprint density at radius 3 is 2.55 bits per heavy atom. The number of hydrogen-bond donors (Lipinski definition) is 1. The highest BCUT2D eigenvalue weighted by Crippen LogP contribution is 2.53. The maximum Gasteiger partial charge on any atom is 0.410 e. The van der Waals surface area contributed by atoms with E-state index in [1.54, 1.807) is 0 Å². The molecular formula is C18H26N2O2. The predicted molar refractivity (Wildman–Crippen MR) is 86.3 cm³/mol. The number of piperidine rings is 1. The van der Waals surface area contributed by atoms with Crippen molar-refractivity contribution in [1.82, 2.24) is 4.90 Å². The average molecular weight is 302 g/mol. The number of likely N-dealkylation sites (tertiary alicyclic amines) is 1. The second kappa shape index (κ2) is 6.69. The van der Waals surface area contributed by atoms with Crippen molar-refractivity contribution in [2.24, 2.45) is 17.1 Å². The minimum atomic E-state index is -0.170. The van der Waals surface area contributed by atoms with Crippen LogP contribution in [0.1, 0.15) is 37.7 Å². The van der Waals surface area contributed by atoms with Crippen LogP contribution in [0, 0.1) is 11.3 Å². The summed E-state index contributed by atoms with van der Waals surface area (Å²) >= 11 is 0. The van der Waals surface area contributed by atoms with Crippen LogP contribution in [-0.2, 0) is 11.3 Å². The molecule has 2 aliphatic rings. The maximum atomic E-state index is 12.1. The van der Waals surface area contributed by atoms with E-state index in [0.29, 0.717) is 12.0 Å². The summed E-state index contributed by atoms with van der Waals surface area (Å²) < 4.78 is 5.42. The normalized spacial score (nSPS) is 20.7. The van der Waals surface area contributed by atoms with Crippen LogP contribution in [0.25, 0.3) is 0 Å². The topological polar surface area (TPSA) is 55.6 Å². The molecule has 2 fully saturated rings. The summed E-state index contributed by atoms with van der Waals surface area (Å²) in [7, 11) is 0. The van der Waals surface area contributed by atoms with Crippen LogP contribution in [0.4, 0.5) is 4.79 Å². The van der Waals surface area contributed by atoms with E-state index < -0.39 is 0 Å². The quantitative estimate of drug-likeness (QED) is 0.929. The van der Waals surface area contributed by atoms with Gasteiger partial charge in [0.1, 0.15) is 6.61 Å². The van der Waals surface area contributed by atoms with Crippen molar-refractivity contribution in [1.29, 1.82) is 0 Å². The van der Waals surface area contributed by atoms with Gasteiger partial charge in [-0.05, 0) is 55.5 Å². The number of nitrogens with zero attached hydrogens (tertiary/aromatic N) is 1. The number of carbonyl (C=O) groups is 1. The Labute approximate surface area is 132 Å². The molecule has 2 N–H and O–H groups in total. The van der Waals surface area contributed by atoms with E-state index in [9.17, 15) is 4.79 Å². The minimum Gasteiger partial charge on any atom is -0.445 e. The van der Waals surface area contributed by atoms with E-state index in [2.05, 4.69) is 0 Å². The van der Waals surface area contributed by atoms with E-state index in [1.807, 2.05) is 35.2 Å². The first-order valence-electron chi connectivity index (χ1n) is 8.36. The number of rotatable bonds is 4. The second-order valence-corrected chi connectivity index (χ2v) is 6.88. The summed E-state index contributed by atoms with van der Waals surface area (Å²) in [5, 5.41) is 0. The Kier molecular flexibility index (Phi) is 4.67. The van der Waals surface area contributed by atoms with Gasteiger partial charge in [0, 0.05) is 13.1 Å². The fraction of sp³-hybridized carbons (Fsp3) is 0.611. The van der Waals surface area contributed by atoms with E-state index in [4.69, 9.17) is 10.5 Å². The zero-order valence-corrected chi connectivity index (χ0v) is 13.2. The lowest BCUT2D eigenvalue weighted by molar-refractivity contribution is -0.0158. The van der Waals surface area contributed by atoms with Crippen molar-refractivity contribution in [3.8, 4) is 0 Å². The van der Waals surface area contributed by atoms with Gasteiger partial charge in [0.05, 0.1) is 0 Å². The summed E-state index contributed by atoms with van der Waals surface area (Å²) in [6.45, 7) is 2.84. The van der Waals surface area contributed by atoms with Crippen molar-refractivity contribution in [3.63, 3.8) is 0 Å². The summed E-state index contributed by atoms with van der Waals surface area (Å²) in [6.07, 6.45) is 5.83. The summed E-state index contributed by atoms with van der Waals surface area (Å²) in [4.78, 5) is 14.0. The number of carbonyl (C=O) groups excluding carboxylic acids is 1. The molecule has 1 spiro atoms. The first kappa shape index (κ1) is 15.3. The molecule has 1 saturated heterocycles. The molecular weight excluding hydrogens is 276 g/mol. The van der Waals surface area contributed by atoms with Gasteiger partial charge in [-0.25, -0.2) is 4.79 Å². The SMILES string of the molecule is NCCC1CC2(CCN(C(=O)OCc3ccccc3)CC2)C1. The Balaban J connectivity index is 1.41. The maximum absolute atomic E-state index is 12.1. The van der Waals surface area contributed by atoms with Gasteiger partial charge in [-0.15, -0.1) is 0 Å². The van der Waals surface area contributed by atoms with Crippen LogP contribution in [0.3, 0.4) is 0 Å². The lowest BCUT2D eigenvalue weighted by Crippen LogP contribution is -2.49. The molecule has 4 heteroatoms. The number of hydrogen-bond acceptors (Lipinski definition) is 3. The monoisotopic (exact) mass is 302 g/mol. The van der Waals surface area contributed by atoms with Crippen LogP contribution in [0.15, 0.2) is 30.3 Å². The first-order valence-corrected chi connectivity index (χ1v) is 8.36. The Hall–Kier alpha value is -1.55. The van der Waals surface area contributed by atoms with Gasteiger partial charge in [0.2, 0.25) is 0 Å². The highest BCUT2D eigenvalue weighted by molar-refractivity contribution is 5.67. The van der Waals surface area contributed by atoms with Crippen LogP contribution in [0.5, 0.6) is 0 Å². The van der Waals surface area contributed by atoms with Gasteiger partial charge < -0.3 is 15.4 Å². The first-order chi connectivity index (χ1) is 10.7. The molecule has 0 radical (unpaired) electrons. The Morgan fingerprint density at radius 1 is 1.23 bits per heavy atom. The van der Waals surface area contributed by atoms with Gasteiger partial charge >= 0.3 is 6.09 Å². The third-order valence-corrected chi connectivity index (χ3v) is 5.31. The third kappa shape index (κ3) is 3.43. The number of nitrogens with two attached hydrogens (primary N) is 1. The summed E-state index contributed by atoms with van der Waals surface area (Å²) in [5.41, 5.74) is 7.16. The standard InChI is InChI=1S/C18H26N2O2/c19-9-6-16-12-18(13-16)7-10-20(11-8-18)17(21)22-14-15-4-2-1-3-5-15/h1-5,16H,6-14,19H2. The van der Waals surface area contributed by atoms with Gasteiger partial charge in [-0.3, -0.25) is 0 Å². The number of benzene rings is 1. The highest BCUT2D eigenvalue weighted by atomic mass is 16.6. The molecule has 3 rings (SSSR count). The zero-order chi connectivity index (χ0) is 15.4. The lowest BCUT2D eigenvalue weighted by Gasteiger charge is -2.52. The molecule has 0 bridgehead atoms. The van der Waals surface area contributed by atoms with Gasteiger partial charge in [0.25, 0.3) is 0 Å². The fourth-order valence-electron chi connectivity index (χ4n) is 3.99. The van der Waals surface area contributed by atoms with Crippen LogP contribution < -0.4 is 5.73 Å². The number of amides is 1. The predicted octanol–water partition coefficient (Wildman–Crippen LogP) is 3.16. The van der Waals surface area contributed by atoms with Crippen LogP contribution in [-0.4, -0.2) is 30.6 Å². The van der Waals surface area contributed by atoms with E-state index in [1.165, 1.54) is 12.8 Å². The van der Waals surface area contributed by atoms with E-state index in [0.717, 1.165) is 50.4 Å². The molecule has 22 heavy (non-hydrogen) atoms. The summed E-state index contributed by atoms with van der Waals surface area (Å²) in [5.74, 6) is 0.821. The average Bonchev–Trinajstić information content (AvgIpc) is 2.53. The van der Waals surface area contributed by atoms with Gasteiger partial charge in [-0.1, -0.05) is 30.3 Å². The van der Waals surface area contributed by atoms with E-state index in [-0.39, 0.29) is 6.09 Å². The lowest BCUT2D eigenvalue weighted by atomic mass is 9.57. The van der Waals surface area contributed by atoms with E-state index >= 15 is 0 Å². The molecule has 1 amide bonds. The highest BCUT2D eigenvalue weighted by Gasteiger charge is 2.45. The molecule has 4 nitrogen and oxygen atoms in total. The molecule has 1 heterocycles. The van der Waals surface area contributed by atoms with Crippen molar-refractivity contribution < 1.29 is 9.53 Å². The smallest absolute Gasteiger partial charge is 0.410 e. The van der Waals surface area contributed by atoms with Crippen molar-refractivity contribution in [2.45, 2.75) is 38.7 Å². The molecule has 1 aliphatic heterocycles. The van der Waals surface area contributed by atoms with Crippen molar-refractivity contribution >= 4 is 6.09 Å². The molecule has 0 aromatic heterocycles. The largest absolute Gasteiger partial charge is 0.445 e. The Morgan fingerprint density at radius 2 is 1.91 bits per heavy atom. The Bertz CT molecular complexity index is 487. The minimum absolute atomic E-state index is 0.170. The summed E-state index contributed by atoms with van der Waals surface area (Å²) in [6, 6.07) is 9.84.